The van der Waals surface area contributed by atoms with Gasteiger partial charge in [-0.15, -0.1) is 0 Å². The standard InChI is InChI=1S/C32H31FN4O4/c1-23-4-8-25(9-5-23)31(39)36-18-16-35(17-19-36)28-14-12-27(13-15-28)34-30(38)22-37(32(40)29-3-2-20-41-29)21-24-6-10-26(33)11-7-24/h2-15,20H,16-19,21-22H2,1H3,(H,34,38). The van der Waals surface area contributed by atoms with Crippen molar-refractivity contribution in [1.82, 2.24) is 9.80 Å². The Morgan fingerprint density at radius 2 is 1.56 bits per heavy atom. The number of halogens is 1. The third-order valence-corrected chi connectivity index (χ3v) is 7.02. The minimum Gasteiger partial charge on any atom is -0.459 e. The number of nitrogens with one attached hydrogen (secondary N) is 1. The van der Waals surface area contributed by atoms with Crippen LogP contribution in [0.3, 0.4) is 0 Å². The first-order valence-electron chi connectivity index (χ1n) is 13.4. The Morgan fingerprint density at radius 1 is 0.878 bits per heavy atom. The second-order valence-electron chi connectivity index (χ2n) is 10.0. The molecule has 9 heteroatoms. The zero-order valence-corrected chi connectivity index (χ0v) is 22.8. The first-order valence-corrected chi connectivity index (χ1v) is 13.4. The maximum atomic E-state index is 13.4. The van der Waals surface area contributed by atoms with Crippen molar-refractivity contribution in [3.8, 4) is 0 Å². The Bertz CT molecular complexity index is 1480. The lowest BCUT2D eigenvalue weighted by Gasteiger charge is -2.36. The Morgan fingerprint density at radius 3 is 2.20 bits per heavy atom. The molecule has 0 radical (unpaired) electrons. The van der Waals surface area contributed by atoms with Crippen molar-refractivity contribution < 1.29 is 23.2 Å². The van der Waals surface area contributed by atoms with E-state index in [2.05, 4.69) is 10.2 Å². The second-order valence-corrected chi connectivity index (χ2v) is 10.0. The lowest BCUT2D eigenvalue weighted by Crippen LogP contribution is -2.48. The molecule has 0 atom stereocenters. The summed E-state index contributed by atoms with van der Waals surface area (Å²) < 4.78 is 18.6. The van der Waals surface area contributed by atoms with Crippen molar-refractivity contribution in [2.75, 3.05) is 42.9 Å². The fraction of sp³-hybridized carbons (Fsp3) is 0.219. The van der Waals surface area contributed by atoms with Crippen molar-refractivity contribution in [3.63, 3.8) is 0 Å². The van der Waals surface area contributed by atoms with Gasteiger partial charge in [-0.2, -0.15) is 0 Å². The van der Waals surface area contributed by atoms with E-state index in [4.69, 9.17) is 4.42 Å². The largest absolute Gasteiger partial charge is 0.459 e. The highest BCUT2D eigenvalue weighted by Gasteiger charge is 2.23. The number of amides is 3. The lowest BCUT2D eigenvalue weighted by atomic mass is 10.1. The zero-order chi connectivity index (χ0) is 28.8. The summed E-state index contributed by atoms with van der Waals surface area (Å²) in [6, 6.07) is 24.0. The number of nitrogens with zero attached hydrogens (tertiary/aromatic N) is 3. The minimum atomic E-state index is -0.440. The van der Waals surface area contributed by atoms with Crippen molar-refractivity contribution >= 4 is 29.1 Å². The molecule has 1 saturated heterocycles. The summed E-state index contributed by atoms with van der Waals surface area (Å²) in [5, 5.41) is 2.85. The number of furan rings is 1. The molecule has 210 valence electrons. The maximum absolute atomic E-state index is 13.4. The Labute approximate surface area is 238 Å². The van der Waals surface area contributed by atoms with E-state index in [0.717, 1.165) is 11.3 Å². The molecule has 1 aromatic heterocycles. The van der Waals surface area contributed by atoms with E-state index >= 15 is 0 Å². The molecular formula is C32H31FN4O4. The van der Waals surface area contributed by atoms with Crippen LogP contribution in [-0.2, 0) is 11.3 Å². The highest BCUT2D eigenvalue weighted by molar-refractivity contribution is 5.98. The van der Waals surface area contributed by atoms with Gasteiger partial charge < -0.3 is 24.4 Å². The van der Waals surface area contributed by atoms with E-state index in [-0.39, 0.29) is 36.5 Å². The Hall–Kier alpha value is -4.92. The lowest BCUT2D eigenvalue weighted by molar-refractivity contribution is -0.117. The van der Waals surface area contributed by atoms with Gasteiger partial charge in [-0.05, 0) is 73.2 Å². The second kappa shape index (κ2) is 12.5. The van der Waals surface area contributed by atoms with Crippen LogP contribution < -0.4 is 10.2 Å². The first kappa shape index (κ1) is 27.6. The third-order valence-electron chi connectivity index (χ3n) is 7.02. The molecule has 2 heterocycles. The number of hydrogen-bond donors (Lipinski definition) is 1. The summed E-state index contributed by atoms with van der Waals surface area (Å²) in [6.45, 7) is 4.56. The summed E-state index contributed by atoms with van der Waals surface area (Å²) in [6.07, 6.45) is 1.40. The summed E-state index contributed by atoms with van der Waals surface area (Å²) in [4.78, 5) is 44.2. The Kier molecular flexibility index (Phi) is 8.43. The molecule has 4 aromatic rings. The number of aryl methyl sites for hydroxylation is 1. The summed E-state index contributed by atoms with van der Waals surface area (Å²) >= 11 is 0. The SMILES string of the molecule is Cc1ccc(C(=O)N2CCN(c3ccc(NC(=O)CN(Cc4ccc(F)cc4)C(=O)c4ccco4)cc3)CC2)cc1. The molecule has 41 heavy (non-hydrogen) atoms. The molecule has 1 aliphatic heterocycles. The fourth-order valence-electron chi connectivity index (χ4n) is 4.74. The van der Waals surface area contributed by atoms with Gasteiger partial charge in [-0.25, -0.2) is 4.39 Å². The molecule has 0 aliphatic carbocycles. The van der Waals surface area contributed by atoms with Gasteiger partial charge in [0.2, 0.25) is 5.91 Å². The number of hydrogen-bond acceptors (Lipinski definition) is 5. The number of rotatable bonds is 8. The third kappa shape index (κ3) is 7.00. The minimum absolute atomic E-state index is 0.0433. The van der Waals surface area contributed by atoms with Crippen LogP contribution in [0.4, 0.5) is 15.8 Å². The van der Waals surface area contributed by atoms with E-state index < -0.39 is 5.91 Å². The van der Waals surface area contributed by atoms with Gasteiger partial charge in [0.25, 0.3) is 11.8 Å². The quantitative estimate of drug-likeness (QED) is 0.332. The highest BCUT2D eigenvalue weighted by Crippen LogP contribution is 2.21. The molecule has 0 saturated carbocycles. The molecule has 0 unspecified atom stereocenters. The van der Waals surface area contributed by atoms with Crippen LogP contribution in [0.15, 0.2) is 95.6 Å². The molecule has 1 aliphatic rings. The van der Waals surface area contributed by atoms with Gasteiger partial charge in [0.1, 0.15) is 12.4 Å². The monoisotopic (exact) mass is 554 g/mol. The maximum Gasteiger partial charge on any atom is 0.290 e. The molecule has 0 bridgehead atoms. The molecule has 1 N–H and O–H groups in total. The number of anilines is 2. The van der Waals surface area contributed by atoms with Gasteiger partial charge >= 0.3 is 0 Å². The van der Waals surface area contributed by atoms with Crippen molar-refractivity contribution in [2.45, 2.75) is 13.5 Å². The van der Waals surface area contributed by atoms with Crippen LogP contribution in [-0.4, -0.2) is 60.2 Å². The first-order chi connectivity index (χ1) is 19.9. The van der Waals surface area contributed by atoms with Crippen LogP contribution in [0.2, 0.25) is 0 Å². The van der Waals surface area contributed by atoms with Gasteiger partial charge in [-0.3, -0.25) is 14.4 Å². The zero-order valence-electron chi connectivity index (χ0n) is 22.8. The van der Waals surface area contributed by atoms with E-state index in [9.17, 15) is 18.8 Å². The van der Waals surface area contributed by atoms with Crippen LogP contribution in [0.25, 0.3) is 0 Å². The molecule has 5 rings (SSSR count). The number of benzene rings is 3. The fourth-order valence-corrected chi connectivity index (χ4v) is 4.74. The average molecular weight is 555 g/mol. The van der Waals surface area contributed by atoms with E-state index in [1.54, 1.807) is 18.2 Å². The van der Waals surface area contributed by atoms with Crippen LogP contribution in [0.5, 0.6) is 0 Å². The molecular weight excluding hydrogens is 523 g/mol. The molecule has 1 fully saturated rings. The molecule has 3 amide bonds. The van der Waals surface area contributed by atoms with E-state index in [0.29, 0.717) is 43.0 Å². The summed E-state index contributed by atoms with van der Waals surface area (Å²) in [7, 11) is 0. The van der Waals surface area contributed by atoms with E-state index in [1.807, 2.05) is 60.4 Å². The predicted molar refractivity (Wildman–Crippen MR) is 154 cm³/mol. The Balaban J connectivity index is 1.17. The summed E-state index contributed by atoms with van der Waals surface area (Å²) in [5.74, 6) is -1.03. The molecule has 0 spiro atoms. The van der Waals surface area contributed by atoms with E-state index in [1.165, 1.54) is 29.4 Å². The number of piperazine rings is 1. The predicted octanol–water partition coefficient (Wildman–Crippen LogP) is 4.97. The van der Waals surface area contributed by atoms with Crippen molar-refractivity contribution in [1.29, 1.82) is 0 Å². The van der Waals surface area contributed by atoms with Gasteiger partial charge in [-0.1, -0.05) is 29.8 Å². The smallest absolute Gasteiger partial charge is 0.290 e. The summed E-state index contributed by atoms with van der Waals surface area (Å²) in [5.41, 5.74) is 4.10. The van der Waals surface area contributed by atoms with Gasteiger partial charge in [0, 0.05) is 49.7 Å². The van der Waals surface area contributed by atoms with Crippen molar-refractivity contribution in [2.24, 2.45) is 0 Å². The number of carbonyl (C=O) groups is 3. The van der Waals surface area contributed by atoms with Crippen LogP contribution in [0.1, 0.15) is 32.0 Å². The average Bonchev–Trinajstić information content (AvgIpc) is 3.53. The highest BCUT2D eigenvalue weighted by atomic mass is 19.1. The molecule has 3 aromatic carbocycles. The number of carbonyl (C=O) groups excluding carboxylic acids is 3. The van der Waals surface area contributed by atoms with Crippen LogP contribution in [0, 0.1) is 12.7 Å². The molecule has 8 nitrogen and oxygen atoms in total. The van der Waals surface area contributed by atoms with Crippen molar-refractivity contribution in [3.05, 3.63) is 119 Å². The topological polar surface area (TPSA) is 86.1 Å². The van der Waals surface area contributed by atoms with Gasteiger partial charge in [0.05, 0.1) is 6.26 Å². The van der Waals surface area contributed by atoms with Gasteiger partial charge in [0.15, 0.2) is 5.76 Å². The normalized spacial score (nSPS) is 13.1. The van der Waals surface area contributed by atoms with Crippen LogP contribution >= 0.6 is 0 Å².